The second kappa shape index (κ2) is 16.2. The summed E-state index contributed by atoms with van der Waals surface area (Å²) in [5.74, 6) is 0. The molecule has 0 aromatic heterocycles. The van der Waals surface area contributed by atoms with Crippen LogP contribution in [0.5, 0.6) is 0 Å². The number of allylic oxidation sites excluding steroid dienone is 5. The summed E-state index contributed by atoms with van der Waals surface area (Å²) in [6.07, 6.45) is 26.1. The molecule has 0 aliphatic rings. The summed E-state index contributed by atoms with van der Waals surface area (Å²) in [6, 6.07) is 0. The summed E-state index contributed by atoms with van der Waals surface area (Å²) in [6.45, 7) is 5.90. The van der Waals surface area contributed by atoms with Gasteiger partial charge in [-0.3, -0.25) is 0 Å². The van der Waals surface area contributed by atoms with Gasteiger partial charge in [0.05, 0.1) is 0 Å². The highest BCUT2D eigenvalue weighted by Gasteiger charge is 1.90. The maximum Gasteiger partial charge on any atom is -0.0279 e. The fraction of sp³-hybridized carbons (Fsp3) is 0.667. The van der Waals surface area contributed by atoms with Gasteiger partial charge in [0, 0.05) is 0 Å². The van der Waals surface area contributed by atoms with E-state index in [1.807, 2.05) is 12.2 Å². The minimum atomic E-state index is 1.16. The Hall–Kier alpha value is -0.780. The Bertz CT molecular complexity index is 210. The van der Waals surface area contributed by atoms with Gasteiger partial charge in [0.2, 0.25) is 0 Å². The summed E-state index contributed by atoms with van der Waals surface area (Å²) in [7, 11) is 0. The molecule has 18 heavy (non-hydrogen) atoms. The Morgan fingerprint density at radius 3 is 2.33 bits per heavy atom. The third kappa shape index (κ3) is 15.2. The molecule has 1 radical (unpaired) electrons. The molecule has 0 aromatic rings. The van der Waals surface area contributed by atoms with Crippen LogP contribution in [0.1, 0.15) is 77.6 Å². The molecule has 0 nitrogen and oxygen atoms in total. The van der Waals surface area contributed by atoms with Crippen molar-refractivity contribution in [2.75, 3.05) is 0 Å². The molecule has 0 saturated carbocycles. The molecule has 0 heteroatoms. The summed E-state index contributed by atoms with van der Waals surface area (Å²) >= 11 is 0. The highest BCUT2D eigenvalue weighted by atomic mass is 14.0. The molecular weight excluding hydrogens is 216 g/mol. The van der Waals surface area contributed by atoms with Crippen LogP contribution >= 0.6 is 0 Å². The van der Waals surface area contributed by atoms with Gasteiger partial charge in [-0.05, 0) is 38.2 Å². The van der Waals surface area contributed by atoms with Crippen LogP contribution in [0, 0.1) is 6.08 Å². The molecule has 0 heterocycles. The normalized spacial score (nSPS) is 11.6. The molecule has 0 N–H and O–H groups in total. The predicted molar refractivity (Wildman–Crippen MR) is 83.6 cm³/mol. The van der Waals surface area contributed by atoms with E-state index < -0.39 is 0 Å². The van der Waals surface area contributed by atoms with Gasteiger partial charge < -0.3 is 0 Å². The van der Waals surface area contributed by atoms with Crippen molar-refractivity contribution in [3.63, 3.8) is 0 Å². The van der Waals surface area contributed by atoms with E-state index >= 15 is 0 Å². The first-order valence-corrected chi connectivity index (χ1v) is 7.74. The average molecular weight is 247 g/mol. The smallest absolute Gasteiger partial charge is 0.0279 e. The molecule has 0 fully saturated rings. The first kappa shape index (κ1) is 17.2. The number of rotatable bonds is 13. The van der Waals surface area contributed by atoms with E-state index in [1.165, 1.54) is 64.2 Å². The Morgan fingerprint density at radius 2 is 1.61 bits per heavy atom. The van der Waals surface area contributed by atoms with Gasteiger partial charge >= 0.3 is 0 Å². The Morgan fingerprint density at radius 1 is 0.889 bits per heavy atom. The van der Waals surface area contributed by atoms with Gasteiger partial charge in [-0.2, -0.15) is 0 Å². The molecule has 0 aliphatic carbocycles. The maximum atomic E-state index is 3.66. The van der Waals surface area contributed by atoms with E-state index in [9.17, 15) is 0 Å². The molecule has 0 amide bonds. The molecule has 0 rings (SSSR count). The van der Waals surface area contributed by atoms with E-state index in [-0.39, 0.29) is 0 Å². The van der Waals surface area contributed by atoms with E-state index in [1.54, 1.807) is 0 Å². The van der Waals surface area contributed by atoms with Gasteiger partial charge in [0.15, 0.2) is 0 Å². The van der Waals surface area contributed by atoms with Crippen LogP contribution in [-0.4, -0.2) is 0 Å². The Labute approximate surface area is 115 Å². The van der Waals surface area contributed by atoms with Crippen LogP contribution in [0.3, 0.4) is 0 Å². The molecule has 0 bridgehead atoms. The van der Waals surface area contributed by atoms with Crippen LogP contribution in [0.4, 0.5) is 0 Å². The van der Waals surface area contributed by atoms with Crippen LogP contribution in [0.25, 0.3) is 0 Å². The largest absolute Gasteiger partial charge is 0.0991 e. The van der Waals surface area contributed by atoms with Crippen molar-refractivity contribution in [3.05, 3.63) is 37.0 Å². The van der Waals surface area contributed by atoms with E-state index in [2.05, 4.69) is 31.7 Å². The van der Waals surface area contributed by atoms with Crippen molar-refractivity contribution in [1.82, 2.24) is 0 Å². The number of hydrogen-bond acceptors (Lipinski definition) is 0. The average Bonchev–Trinajstić information content (AvgIpc) is 2.39. The monoisotopic (exact) mass is 247 g/mol. The van der Waals surface area contributed by atoms with Crippen LogP contribution in [0.2, 0.25) is 0 Å². The first-order chi connectivity index (χ1) is 8.91. The lowest BCUT2D eigenvalue weighted by Crippen LogP contribution is -1.79. The third-order valence-corrected chi connectivity index (χ3v) is 3.06. The predicted octanol–water partition coefficient (Wildman–Crippen LogP) is 6.40. The van der Waals surface area contributed by atoms with Crippen molar-refractivity contribution in [2.45, 2.75) is 77.6 Å². The number of hydrogen-bond donors (Lipinski definition) is 0. The van der Waals surface area contributed by atoms with E-state index in [4.69, 9.17) is 0 Å². The van der Waals surface area contributed by atoms with Crippen LogP contribution in [-0.2, 0) is 0 Å². The van der Waals surface area contributed by atoms with Gasteiger partial charge in [-0.15, -0.1) is 0 Å². The third-order valence-electron chi connectivity index (χ3n) is 3.06. The van der Waals surface area contributed by atoms with Crippen molar-refractivity contribution in [3.8, 4) is 0 Å². The lowest BCUT2D eigenvalue weighted by molar-refractivity contribution is 0.598. The summed E-state index contributed by atoms with van der Waals surface area (Å²) in [5, 5.41) is 0. The Kier molecular flexibility index (Phi) is 15.5. The standard InChI is InChI=1S/C18H31/c1-3-5-7-9-11-13-15-17-18-16-14-12-10-8-6-4-2/h3,5,7,10H,1,4,6,8-9,11,13-18H2,2H3/b7-5+,12-10?. The van der Waals surface area contributed by atoms with E-state index in [0.717, 1.165) is 6.42 Å². The van der Waals surface area contributed by atoms with Crippen LogP contribution in [0.15, 0.2) is 30.9 Å². The zero-order valence-corrected chi connectivity index (χ0v) is 12.3. The second-order valence-corrected chi connectivity index (χ2v) is 4.87. The topological polar surface area (TPSA) is 0 Å². The zero-order chi connectivity index (χ0) is 13.3. The van der Waals surface area contributed by atoms with Crippen molar-refractivity contribution in [2.24, 2.45) is 0 Å². The molecule has 0 spiro atoms. The summed E-state index contributed by atoms with van der Waals surface area (Å²) in [5.41, 5.74) is 0. The van der Waals surface area contributed by atoms with Gasteiger partial charge in [-0.25, -0.2) is 0 Å². The molecule has 0 aromatic carbocycles. The lowest BCUT2D eigenvalue weighted by Gasteiger charge is -1.99. The fourth-order valence-corrected chi connectivity index (χ4v) is 1.90. The highest BCUT2D eigenvalue weighted by Crippen LogP contribution is 2.09. The molecule has 0 atom stereocenters. The Balaban J connectivity index is 3.05. The van der Waals surface area contributed by atoms with E-state index in [0.29, 0.717) is 0 Å². The quantitative estimate of drug-likeness (QED) is 0.261. The first-order valence-electron chi connectivity index (χ1n) is 7.74. The van der Waals surface area contributed by atoms with Crippen molar-refractivity contribution >= 4 is 0 Å². The van der Waals surface area contributed by atoms with Crippen LogP contribution < -0.4 is 0 Å². The van der Waals surface area contributed by atoms with Gasteiger partial charge in [0.25, 0.3) is 0 Å². The van der Waals surface area contributed by atoms with Crippen molar-refractivity contribution in [1.29, 1.82) is 0 Å². The van der Waals surface area contributed by atoms with Gasteiger partial charge in [0.1, 0.15) is 0 Å². The minimum absolute atomic E-state index is 1.16. The SMILES string of the molecule is C=C/C=C/CCCCCCCC/[C]=C/CCCC. The molecule has 0 unspecified atom stereocenters. The van der Waals surface area contributed by atoms with Crippen molar-refractivity contribution < 1.29 is 0 Å². The zero-order valence-electron chi connectivity index (χ0n) is 12.3. The lowest BCUT2D eigenvalue weighted by atomic mass is 10.1. The molecule has 0 saturated heterocycles. The minimum Gasteiger partial charge on any atom is -0.0991 e. The number of unbranched alkanes of at least 4 members (excludes halogenated alkanes) is 9. The molecule has 0 aliphatic heterocycles. The fourth-order valence-electron chi connectivity index (χ4n) is 1.90. The summed E-state index contributed by atoms with van der Waals surface area (Å²) < 4.78 is 0. The highest BCUT2D eigenvalue weighted by molar-refractivity contribution is 4.96. The second-order valence-electron chi connectivity index (χ2n) is 4.87. The van der Waals surface area contributed by atoms with Gasteiger partial charge in [-0.1, -0.05) is 76.3 Å². The molecular formula is C18H31. The molecule has 103 valence electrons. The maximum absolute atomic E-state index is 3.66. The summed E-state index contributed by atoms with van der Waals surface area (Å²) in [4.78, 5) is 0.